The van der Waals surface area contributed by atoms with Gasteiger partial charge in [0.1, 0.15) is 4.90 Å². The number of halogens is 1. The summed E-state index contributed by atoms with van der Waals surface area (Å²) in [6.07, 6.45) is 0. The molecule has 0 heterocycles. The molecule has 0 radical (unpaired) electrons. The topological polar surface area (TPSA) is 90.2 Å². The molecule has 0 saturated heterocycles. The summed E-state index contributed by atoms with van der Waals surface area (Å²) < 4.78 is 27.0. The van der Waals surface area contributed by atoms with Crippen LogP contribution >= 0.6 is 11.6 Å². The molecule has 0 amide bonds. The summed E-state index contributed by atoms with van der Waals surface area (Å²) >= 11 is 5.91. The van der Waals surface area contributed by atoms with E-state index in [0.717, 1.165) is 0 Å². The Labute approximate surface area is 127 Å². The smallest absolute Gasteiger partial charge is 0.263 e. The van der Waals surface area contributed by atoms with E-state index in [-0.39, 0.29) is 27.8 Å². The molecule has 0 bridgehead atoms. The second kappa shape index (κ2) is 6.14. The highest BCUT2D eigenvalue weighted by atomic mass is 35.5. The number of aliphatic hydroxyl groups excluding tert-OH is 1. The van der Waals surface area contributed by atoms with Crippen LogP contribution in [0.2, 0.25) is 5.02 Å². The lowest BCUT2D eigenvalue weighted by Crippen LogP contribution is -2.14. The van der Waals surface area contributed by atoms with Gasteiger partial charge in [0.2, 0.25) is 0 Å². The van der Waals surface area contributed by atoms with E-state index in [2.05, 4.69) is 4.72 Å². The lowest BCUT2D eigenvalue weighted by atomic mass is 10.2. The molecular weight excluding hydrogens is 312 g/mol. The number of hydrogen-bond donors (Lipinski definition) is 2. The minimum absolute atomic E-state index is 0.0389. The van der Waals surface area contributed by atoms with Gasteiger partial charge < -0.3 is 5.11 Å². The van der Waals surface area contributed by atoms with E-state index >= 15 is 0 Å². The molecule has 5 nitrogen and oxygen atoms in total. The predicted molar refractivity (Wildman–Crippen MR) is 79.3 cm³/mol. The molecule has 0 saturated carbocycles. The van der Waals surface area contributed by atoms with Crippen LogP contribution in [0.15, 0.2) is 47.4 Å². The molecule has 0 fully saturated rings. The third kappa shape index (κ3) is 3.34. The first-order valence-electron chi connectivity index (χ1n) is 5.89. The van der Waals surface area contributed by atoms with Crippen molar-refractivity contribution in [2.45, 2.75) is 11.5 Å². The van der Waals surface area contributed by atoms with Crippen LogP contribution in [-0.2, 0) is 16.6 Å². The molecule has 2 N–H and O–H groups in total. The van der Waals surface area contributed by atoms with Crippen LogP contribution in [-0.4, -0.2) is 13.5 Å². The first-order valence-corrected chi connectivity index (χ1v) is 7.75. The number of para-hydroxylation sites is 1. The van der Waals surface area contributed by atoms with E-state index in [9.17, 15) is 13.5 Å². The summed E-state index contributed by atoms with van der Waals surface area (Å²) in [5.74, 6) is 0. The number of anilines is 1. The fourth-order valence-electron chi connectivity index (χ4n) is 1.75. The number of rotatable bonds is 4. The molecule has 0 aliphatic heterocycles. The lowest BCUT2D eigenvalue weighted by molar-refractivity contribution is 0.282. The summed E-state index contributed by atoms with van der Waals surface area (Å²) in [7, 11) is -3.90. The van der Waals surface area contributed by atoms with Crippen molar-refractivity contribution in [1.29, 1.82) is 5.26 Å². The number of sulfonamides is 1. The van der Waals surface area contributed by atoms with Crippen LogP contribution in [0.1, 0.15) is 11.1 Å². The molecular formula is C14H11ClN2O3S. The van der Waals surface area contributed by atoms with Gasteiger partial charge in [-0.3, -0.25) is 4.72 Å². The van der Waals surface area contributed by atoms with Crippen molar-refractivity contribution in [2.75, 3.05) is 4.72 Å². The molecule has 21 heavy (non-hydrogen) atoms. The number of nitrogens with zero attached hydrogens (tertiary/aromatic N) is 1. The van der Waals surface area contributed by atoms with Crippen LogP contribution in [0.5, 0.6) is 0 Å². The maximum Gasteiger partial charge on any atom is 0.263 e. The van der Waals surface area contributed by atoms with Gasteiger partial charge in [-0.1, -0.05) is 29.8 Å². The van der Waals surface area contributed by atoms with Crippen LogP contribution in [0.25, 0.3) is 0 Å². The number of nitriles is 1. The Bertz CT molecular complexity index is 813. The molecule has 0 aliphatic rings. The molecule has 0 unspecified atom stereocenters. The monoisotopic (exact) mass is 322 g/mol. The summed E-state index contributed by atoms with van der Waals surface area (Å²) in [5, 5.41) is 17.9. The van der Waals surface area contributed by atoms with Gasteiger partial charge in [0.25, 0.3) is 10.0 Å². The van der Waals surface area contributed by atoms with Gasteiger partial charge in [-0.2, -0.15) is 5.26 Å². The van der Waals surface area contributed by atoms with Crippen molar-refractivity contribution in [3.63, 3.8) is 0 Å². The average Bonchev–Trinajstić information content (AvgIpc) is 2.47. The summed E-state index contributed by atoms with van der Waals surface area (Å²) in [5.41, 5.74) is 1.00. The van der Waals surface area contributed by atoms with Gasteiger partial charge >= 0.3 is 0 Å². The van der Waals surface area contributed by atoms with E-state index in [1.165, 1.54) is 18.2 Å². The first-order chi connectivity index (χ1) is 9.97. The molecule has 0 atom stereocenters. The van der Waals surface area contributed by atoms with Crippen LogP contribution in [0.3, 0.4) is 0 Å². The third-order valence-corrected chi connectivity index (χ3v) is 4.63. The lowest BCUT2D eigenvalue weighted by Gasteiger charge is -2.12. The minimum atomic E-state index is -3.90. The van der Waals surface area contributed by atoms with Crippen molar-refractivity contribution in [1.82, 2.24) is 0 Å². The molecule has 0 spiro atoms. The number of aliphatic hydroxyl groups is 1. The Morgan fingerprint density at radius 2 is 1.95 bits per heavy atom. The van der Waals surface area contributed by atoms with Gasteiger partial charge in [-0.05, 0) is 24.3 Å². The molecule has 108 valence electrons. The zero-order valence-electron chi connectivity index (χ0n) is 10.7. The average molecular weight is 323 g/mol. The Hall–Kier alpha value is -2.07. The van der Waals surface area contributed by atoms with E-state index in [0.29, 0.717) is 5.56 Å². The molecule has 2 aromatic carbocycles. The van der Waals surface area contributed by atoms with Crippen molar-refractivity contribution < 1.29 is 13.5 Å². The summed E-state index contributed by atoms with van der Waals surface area (Å²) in [4.78, 5) is -0.129. The highest BCUT2D eigenvalue weighted by Gasteiger charge is 2.19. The summed E-state index contributed by atoms with van der Waals surface area (Å²) in [6.45, 7) is -0.292. The SMILES string of the molecule is N#Cc1ccc(S(=O)(=O)Nc2ccccc2CO)c(Cl)c1. The van der Waals surface area contributed by atoms with E-state index < -0.39 is 10.0 Å². The Morgan fingerprint density at radius 3 is 2.57 bits per heavy atom. The summed E-state index contributed by atoms with van der Waals surface area (Å²) in [6, 6.07) is 12.3. The van der Waals surface area contributed by atoms with Gasteiger partial charge in [0.05, 0.1) is 28.9 Å². The van der Waals surface area contributed by atoms with E-state index in [1.807, 2.05) is 6.07 Å². The molecule has 0 aromatic heterocycles. The Morgan fingerprint density at radius 1 is 1.24 bits per heavy atom. The molecule has 0 aliphatic carbocycles. The highest BCUT2D eigenvalue weighted by molar-refractivity contribution is 7.92. The Balaban J connectivity index is 2.42. The maximum atomic E-state index is 12.3. The largest absolute Gasteiger partial charge is 0.392 e. The number of nitrogens with one attached hydrogen (secondary N) is 1. The molecule has 2 rings (SSSR count). The van der Waals surface area contributed by atoms with Gasteiger partial charge in [0, 0.05) is 5.56 Å². The van der Waals surface area contributed by atoms with Crippen LogP contribution in [0.4, 0.5) is 5.69 Å². The van der Waals surface area contributed by atoms with Gasteiger partial charge in [-0.25, -0.2) is 8.42 Å². The third-order valence-electron chi connectivity index (χ3n) is 2.78. The van der Waals surface area contributed by atoms with Crippen molar-refractivity contribution in [3.05, 3.63) is 58.6 Å². The Kier molecular flexibility index (Phi) is 4.48. The van der Waals surface area contributed by atoms with Gasteiger partial charge in [-0.15, -0.1) is 0 Å². The molecule has 2 aromatic rings. The minimum Gasteiger partial charge on any atom is -0.392 e. The number of benzene rings is 2. The standard InChI is InChI=1S/C14H11ClN2O3S/c15-12-7-10(8-16)5-6-14(12)21(19,20)17-13-4-2-1-3-11(13)9-18/h1-7,17-18H,9H2. The van der Waals surface area contributed by atoms with Gasteiger partial charge in [0.15, 0.2) is 0 Å². The van der Waals surface area contributed by atoms with Crippen LogP contribution < -0.4 is 4.72 Å². The zero-order valence-corrected chi connectivity index (χ0v) is 12.3. The highest BCUT2D eigenvalue weighted by Crippen LogP contribution is 2.26. The number of hydrogen-bond acceptors (Lipinski definition) is 4. The quantitative estimate of drug-likeness (QED) is 0.905. The first kappa shape index (κ1) is 15.3. The van der Waals surface area contributed by atoms with Crippen molar-refractivity contribution in [3.8, 4) is 6.07 Å². The van der Waals surface area contributed by atoms with Crippen LogP contribution in [0, 0.1) is 11.3 Å². The van der Waals surface area contributed by atoms with Crippen molar-refractivity contribution >= 4 is 27.3 Å². The van der Waals surface area contributed by atoms with E-state index in [1.54, 1.807) is 24.3 Å². The second-order valence-corrected chi connectivity index (χ2v) is 6.24. The normalized spacial score (nSPS) is 10.9. The second-order valence-electron chi connectivity index (χ2n) is 4.18. The fourth-order valence-corrected chi connectivity index (χ4v) is 3.39. The molecule has 7 heteroatoms. The fraction of sp³-hybridized carbons (Fsp3) is 0.0714. The van der Waals surface area contributed by atoms with E-state index in [4.69, 9.17) is 16.9 Å². The van der Waals surface area contributed by atoms with Crippen molar-refractivity contribution in [2.24, 2.45) is 0 Å². The maximum absolute atomic E-state index is 12.3. The zero-order chi connectivity index (χ0) is 15.5. The predicted octanol–water partition coefficient (Wildman–Crippen LogP) is 2.50.